The first kappa shape index (κ1) is 11.2. The van der Waals surface area contributed by atoms with Crippen molar-refractivity contribution in [2.75, 3.05) is 0 Å². The molecule has 0 aliphatic rings. The Bertz CT molecular complexity index is 368. The Kier molecular flexibility index (Phi) is 3.39. The van der Waals surface area contributed by atoms with Gasteiger partial charge in [0.15, 0.2) is 5.82 Å². The number of carbonyl (C=O) groups excluding carboxylic acids is 1. The fourth-order valence-corrected chi connectivity index (χ4v) is 0.915. The lowest BCUT2D eigenvalue weighted by Crippen LogP contribution is -2.37. The van der Waals surface area contributed by atoms with Gasteiger partial charge >= 0.3 is 0 Å². The molecule has 1 rings (SSSR count). The molecule has 0 spiro atoms. The second-order valence-electron chi connectivity index (χ2n) is 3.33. The zero-order valence-electron chi connectivity index (χ0n) is 8.65. The molecule has 15 heavy (non-hydrogen) atoms. The van der Waals surface area contributed by atoms with Crippen molar-refractivity contribution in [3.05, 3.63) is 12.2 Å². The molecule has 1 N–H and O–H groups in total. The summed E-state index contributed by atoms with van der Waals surface area (Å²) >= 11 is 0. The van der Waals surface area contributed by atoms with Crippen molar-refractivity contribution in [2.45, 2.75) is 26.8 Å². The van der Waals surface area contributed by atoms with Crippen LogP contribution in [0.3, 0.4) is 0 Å². The summed E-state index contributed by atoms with van der Waals surface area (Å²) in [5.74, 6) is 0.0667. The average Bonchev–Trinajstić information content (AvgIpc) is 2.77. The average molecular weight is 208 g/mol. The summed E-state index contributed by atoms with van der Waals surface area (Å²) in [6.45, 7) is 3.56. The van der Waals surface area contributed by atoms with E-state index < -0.39 is 5.41 Å². The Balaban J connectivity index is 2.53. The first-order chi connectivity index (χ1) is 7.12. The first-order valence-electron chi connectivity index (χ1n) is 4.57. The molecule has 6 heteroatoms. The van der Waals surface area contributed by atoms with Crippen LogP contribution in [0.2, 0.25) is 0 Å². The molecule has 1 aromatic rings. The molecule has 0 bridgehead atoms. The van der Waals surface area contributed by atoms with Crippen LogP contribution in [0.5, 0.6) is 0 Å². The lowest BCUT2D eigenvalue weighted by atomic mass is 9.88. The number of hydrogen-bond donors (Lipinski definition) is 1. The molecule has 1 amide bonds. The molecule has 6 nitrogen and oxygen atoms in total. The molecular weight excluding hydrogens is 196 g/mol. The van der Waals surface area contributed by atoms with E-state index in [0.717, 1.165) is 0 Å². The van der Waals surface area contributed by atoms with Crippen molar-refractivity contribution >= 4 is 5.91 Å². The highest BCUT2D eigenvalue weighted by Gasteiger charge is 2.30. The zero-order valence-corrected chi connectivity index (χ0v) is 8.65. The van der Waals surface area contributed by atoms with E-state index in [1.807, 2.05) is 6.07 Å². The number of hydrogen-bond acceptors (Lipinski definition) is 5. The van der Waals surface area contributed by atoms with Crippen molar-refractivity contribution in [2.24, 2.45) is 5.41 Å². The topological polar surface area (TPSA) is 91.8 Å². The van der Waals surface area contributed by atoms with Crippen LogP contribution in [0.25, 0.3) is 0 Å². The Morgan fingerprint density at radius 3 is 3.00 bits per heavy atom. The summed E-state index contributed by atoms with van der Waals surface area (Å²) in [7, 11) is 0. The lowest BCUT2D eigenvalue weighted by Gasteiger charge is -2.17. The number of nitriles is 1. The summed E-state index contributed by atoms with van der Waals surface area (Å²) < 4.78 is 4.51. The Labute approximate surface area is 87.3 Å². The van der Waals surface area contributed by atoms with Crippen molar-refractivity contribution in [3.8, 4) is 6.07 Å². The van der Waals surface area contributed by atoms with E-state index in [-0.39, 0.29) is 12.5 Å². The normalized spacial score (nSPS) is 13.9. The van der Waals surface area contributed by atoms with E-state index in [1.54, 1.807) is 13.8 Å². The molecule has 0 saturated heterocycles. The minimum absolute atomic E-state index is 0.173. The highest BCUT2D eigenvalue weighted by Crippen LogP contribution is 2.19. The smallest absolute Gasteiger partial charge is 0.240 e. The van der Waals surface area contributed by atoms with Gasteiger partial charge in [-0.15, -0.1) is 0 Å². The van der Waals surface area contributed by atoms with Crippen molar-refractivity contribution in [1.29, 1.82) is 5.26 Å². The van der Waals surface area contributed by atoms with Crippen LogP contribution in [0.4, 0.5) is 0 Å². The number of nitrogens with zero attached hydrogens (tertiary/aromatic N) is 3. The standard InChI is InChI=1S/C9H12N4O2/c1-3-9(2,5-10)8(14)11-4-7-12-6-15-13-7/h6H,3-4H2,1-2H3,(H,11,14). The van der Waals surface area contributed by atoms with Gasteiger partial charge in [-0.05, 0) is 13.3 Å². The van der Waals surface area contributed by atoms with E-state index >= 15 is 0 Å². The van der Waals surface area contributed by atoms with Crippen molar-refractivity contribution in [1.82, 2.24) is 15.5 Å². The van der Waals surface area contributed by atoms with E-state index in [4.69, 9.17) is 5.26 Å². The van der Waals surface area contributed by atoms with Crippen LogP contribution >= 0.6 is 0 Å². The maximum atomic E-state index is 11.6. The monoisotopic (exact) mass is 208 g/mol. The van der Waals surface area contributed by atoms with Gasteiger partial charge in [-0.1, -0.05) is 12.1 Å². The Morgan fingerprint density at radius 1 is 1.80 bits per heavy atom. The molecule has 0 fully saturated rings. The molecule has 1 atom stereocenters. The van der Waals surface area contributed by atoms with E-state index in [2.05, 4.69) is 20.0 Å². The summed E-state index contributed by atoms with van der Waals surface area (Å²) in [5, 5.41) is 15.0. The predicted octanol–water partition coefficient (Wildman–Crippen LogP) is 0.626. The third kappa shape index (κ3) is 2.53. The van der Waals surface area contributed by atoms with Gasteiger partial charge in [0.1, 0.15) is 5.41 Å². The van der Waals surface area contributed by atoms with Gasteiger partial charge in [0.25, 0.3) is 0 Å². The molecule has 0 radical (unpaired) electrons. The first-order valence-corrected chi connectivity index (χ1v) is 4.57. The quantitative estimate of drug-likeness (QED) is 0.783. The third-order valence-corrected chi connectivity index (χ3v) is 2.27. The van der Waals surface area contributed by atoms with Gasteiger partial charge in [0.2, 0.25) is 12.3 Å². The second kappa shape index (κ2) is 4.55. The van der Waals surface area contributed by atoms with Crippen LogP contribution < -0.4 is 5.32 Å². The van der Waals surface area contributed by atoms with Crippen LogP contribution in [-0.2, 0) is 11.3 Å². The SMILES string of the molecule is CCC(C)(C#N)C(=O)NCc1ncon1. The van der Waals surface area contributed by atoms with Gasteiger partial charge in [-0.25, -0.2) is 0 Å². The molecule has 1 aromatic heterocycles. The van der Waals surface area contributed by atoms with E-state index in [1.165, 1.54) is 6.39 Å². The van der Waals surface area contributed by atoms with Gasteiger partial charge in [-0.3, -0.25) is 4.79 Å². The second-order valence-corrected chi connectivity index (χ2v) is 3.33. The third-order valence-electron chi connectivity index (χ3n) is 2.27. The fourth-order valence-electron chi connectivity index (χ4n) is 0.915. The minimum atomic E-state index is -0.996. The molecular formula is C9H12N4O2. The van der Waals surface area contributed by atoms with Crippen LogP contribution in [-0.4, -0.2) is 16.0 Å². The molecule has 1 unspecified atom stereocenters. The Morgan fingerprint density at radius 2 is 2.53 bits per heavy atom. The summed E-state index contributed by atoms with van der Waals surface area (Å²) in [6.07, 6.45) is 1.65. The Hall–Kier alpha value is -1.90. The highest BCUT2D eigenvalue weighted by atomic mass is 16.5. The molecule has 0 aromatic carbocycles. The van der Waals surface area contributed by atoms with Gasteiger partial charge in [0, 0.05) is 0 Å². The summed E-state index contributed by atoms with van der Waals surface area (Å²) in [6, 6.07) is 1.98. The van der Waals surface area contributed by atoms with Crippen LogP contribution in [0.15, 0.2) is 10.9 Å². The maximum absolute atomic E-state index is 11.6. The van der Waals surface area contributed by atoms with Crippen molar-refractivity contribution in [3.63, 3.8) is 0 Å². The molecule has 0 aliphatic heterocycles. The lowest BCUT2D eigenvalue weighted by molar-refractivity contribution is -0.127. The van der Waals surface area contributed by atoms with Crippen molar-refractivity contribution < 1.29 is 9.32 Å². The molecule has 1 heterocycles. The largest absolute Gasteiger partial charge is 0.347 e. The van der Waals surface area contributed by atoms with Crippen LogP contribution in [0, 0.1) is 16.7 Å². The zero-order chi connectivity index (χ0) is 11.3. The van der Waals surface area contributed by atoms with Crippen LogP contribution in [0.1, 0.15) is 26.1 Å². The number of aromatic nitrogens is 2. The highest BCUT2D eigenvalue weighted by molar-refractivity contribution is 5.84. The fraction of sp³-hybridized carbons (Fsp3) is 0.556. The maximum Gasteiger partial charge on any atom is 0.240 e. The number of nitrogens with one attached hydrogen (secondary N) is 1. The number of carbonyl (C=O) groups is 1. The predicted molar refractivity (Wildman–Crippen MR) is 50.2 cm³/mol. The van der Waals surface area contributed by atoms with Gasteiger partial charge in [-0.2, -0.15) is 10.2 Å². The number of rotatable bonds is 4. The minimum Gasteiger partial charge on any atom is -0.347 e. The van der Waals surface area contributed by atoms with E-state index in [0.29, 0.717) is 12.2 Å². The van der Waals surface area contributed by atoms with E-state index in [9.17, 15) is 4.79 Å². The number of amides is 1. The summed E-state index contributed by atoms with van der Waals surface area (Å²) in [5.41, 5.74) is -0.996. The van der Waals surface area contributed by atoms with Gasteiger partial charge in [0.05, 0.1) is 12.6 Å². The summed E-state index contributed by atoms with van der Waals surface area (Å²) in [4.78, 5) is 15.3. The van der Waals surface area contributed by atoms with Gasteiger partial charge < -0.3 is 9.84 Å². The molecule has 80 valence electrons. The molecule has 0 aliphatic carbocycles. The molecule has 0 saturated carbocycles.